The van der Waals surface area contributed by atoms with Crippen LogP contribution in [0.2, 0.25) is 0 Å². The maximum absolute atomic E-state index is 12.8. The Morgan fingerprint density at radius 1 is 0.800 bits per heavy atom. The molecule has 0 fully saturated rings. The van der Waals surface area contributed by atoms with Crippen LogP contribution in [0.5, 0.6) is 0 Å². The Kier molecular flexibility index (Phi) is 4.25. The number of nitrogens with one attached hydrogen (secondary N) is 1. The van der Waals surface area contributed by atoms with Gasteiger partial charge in [-0.05, 0) is 36.4 Å². The fourth-order valence-corrected chi connectivity index (χ4v) is 3.17. The SMILES string of the molecule is O=C(Nc1ccccc1-c1nc2ccccc2c(=O)o1)c1cnc2ccccc2n1. The minimum Gasteiger partial charge on any atom is -0.403 e. The lowest BCUT2D eigenvalue weighted by Crippen LogP contribution is -2.15. The average Bonchev–Trinajstić information content (AvgIpc) is 2.79. The van der Waals surface area contributed by atoms with Crippen molar-refractivity contribution >= 4 is 33.5 Å². The Morgan fingerprint density at radius 3 is 2.37 bits per heavy atom. The molecule has 7 heteroatoms. The van der Waals surface area contributed by atoms with Crippen molar-refractivity contribution in [3.05, 3.63) is 95.1 Å². The Labute approximate surface area is 170 Å². The number of carbonyl (C=O) groups is 1. The van der Waals surface area contributed by atoms with E-state index in [1.807, 2.05) is 18.2 Å². The van der Waals surface area contributed by atoms with E-state index in [4.69, 9.17) is 4.42 Å². The molecular formula is C23H14N4O3. The largest absolute Gasteiger partial charge is 0.403 e. The summed E-state index contributed by atoms with van der Waals surface area (Å²) in [5.74, 6) is -0.303. The number of hydrogen-bond acceptors (Lipinski definition) is 6. The highest BCUT2D eigenvalue weighted by atomic mass is 16.4. The summed E-state index contributed by atoms with van der Waals surface area (Å²) in [6, 6.07) is 21.2. The van der Waals surface area contributed by atoms with E-state index in [-0.39, 0.29) is 11.6 Å². The molecule has 0 saturated heterocycles. The lowest BCUT2D eigenvalue weighted by molar-refractivity contribution is 0.102. The maximum atomic E-state index is 12.8. The van der Waals surface area contributed by atoms with Crippen molar-refractivity contribution in [1.82, 2.24) is 15.0 Å². The van der Waals surface area contributed by atoms with Gasteiger partial charge in [-0.25, -0.2) is 14.8 Å². The molecule has 1 N–H and O–H groups in total. The van der Waals surface area contributed by atoms with E-state index >= 15 is 0 Å². The number of amides is 1. The van der Waals surface area contributed by atoms with Gasteiger partial charge in [-0.15, -0.1) is 0 Å². The predicted molar refractivity (Wildman–Crippen MR) is 113 cm³/mol. The molecule has 1 amide bonds. The summed E-state index contributed by atoms with van der Waals surface area (Å²) in [5.41, 5.74) is 2.47. The Hall–Kier alpha value is -4.39. The van der Waals surface area contributed by atoms with Crippen LogP contribution in [0.4, 0.5) is 5.69 Å². The zero-order valence-electron chi connectivity index (χ0n) is 15.6. The molecule has 3 aromatic carbocycles. The van der Waals surface area contributed by atoms with Gasteiger partial charge < -0.3 is 9.73 Å². The van der Waals surface area contributed by atoms with E-state index in [0.717, 1.165) is 0 Å². The first kappa shape index (κ1) is 17.7. The second-order valence-corrected chi connectivity index (χ2v) is 6.57. The van der Waals surface area contributed by atoms with Crippen molar-refractivity contribution in [2.75, 3.05) is 5.32 Å². The average molecular weight is 394 g/mol. The van der Waals surface area contributed by atoms with Gasteiger partial charge >= 0.3 is 5.63 Å². The second-order valence-electron chi connectivity index (χ2n) is 6.57. The Bertz CT molecular complexity index is 1480. The fourth-order valence-electron chi connectivity index (χ4n) is 3.17. The number of fused-ring (bicyclic) bond motifs is 2. The molecule has 0 atom stereocenters. The van der Waals surface area contributed by atoms with Gasteiger partial charge in [0.15, 0.2) is 0 Å². The third-order valence-electron chi connectivity index (χ3n) is 4.62. The summed E-state index contributed by atoms with van der Waals surface area (Å²) in [7, 11) is 0. The first-order valence-electron chi connectivity index (χ1n) is 9.21. The highest BCUT2D eigenvalue weighted by Gasteiger charge is 2.16. The van der Waals surface area contributed by atoms with Gasteiger partial charge in [0.25, 0.3) is 5.91 Å². The molecule has 0 spiro atoms. The zero-order valence-corrected chi connectivity index (χ0v) is 15.6. The molecule has 5 rings (SSSR count). The third-order valence-corrected chi connectivity index (χ3v) is 4.62. The van der Waals surface area contributed by atoms with Crippen LogP contribution in [0.3, 0.4) is 0 Å². The molecule has 0 aliphatic heterocycles. The van der Waals surface area contributed by atoms with Crippen LogP contribution in [-0.2, 0) is 0 Å². The number of hydrogen-bond donors (Lipinski definition) is 1. The molecule has 0 saturated carbocycles. The van der Waals surface area contributed by atoms with E-state index in [1.54, 1.807) is 54.6 Å². The van der Waals surface area contributed by atoms with Crippen LogP contribution in [-0.4, -0.2) is 20.9 Å². The minimum absolute atomic E-state index is 0.124. The lowest BCUT2D eigenvalue weighted by Gasteiger charge is -2.10. The predicted octanol–water partition coefficient (Wildman–Crippen LogP) is 4.05. The van der Waals surface area contributed by atoms with Gasteiger partial charge in [-0.2, -0.15) is 0 Å². The highest BCUT2D eigenvalue weighted by molar-refractivity contribution is 6.05. The second kappa shape index (κ2) is 7.21. The van der Waals surface area contributed by atoms with Crippen molar-refractivity contribution in [2.45, 2.75) is 0 Å². The van der Waals surface area contributed by atoms with Crippen LogP contribution < -0.4 is 10.9 Å². The van der Waals surface area contributed by atoms with Gasteiger partial charge in [0.1, 0.15) is 5.69 Å². The molecule has 0 aliphatic carbocycles. The van der Waals surface area contributed by atoms with Crippen LogP contribution in [0, 0.1) is 0 Å². The molecular weight excluding hydrogens is 380 g/mol. The van der Waals surface area contributed by atoms with Crippen molar-refractivity contribution in [3.8, 4) is 11.5 Å². The number of para-hydroxylation sites is 4. The quantitative estimate of drug-likeness (QED) is 0.496. The standard InChI is InChI=1S/C23H14N4O3/c28-21(20-13-24-18-11-5-6-12-19(18)25-20)26-16-9-3-1-7-14(16)22-27-17-10-4-2-8-15(17)23(29)30-22/h1-13H,(H,26,28). The Morgan fingerprint density at radius 2 is 1.50 bits per heavy atom. The topological polar surface area (TPSA) is 98.0 Å². The van der Waals surface area contributed by atoms with Gasteiger partial charge in [-0.1, -0.05) is 36.4 Å². The van der Waals surface area contributed by atoms with E-state index < -0.39 is 11.5 Å². The zero-order chi connectivity index (χ0) is 20.5. The van der Waals surface area contributed by atoms with E-state index in [9.17, 15) is 9.59 Å². The highest BCUT2D eigenvalue weighted by Crippen LogP contribution is 2.27. The van der Waals surface area contributed by atoms with Crippen molar-refractivity contribution in [3.63, 3.8) is 0 Å². The number of anilines is 1. The number of benzene rings is 3. The summed E-state index contributed by atoms with van der Waals surface area (Å²) in [4.78, 5) is 38.2. The van der Waals surface area contributed by atoms with Crippen LogP contribution in [0.1, 0.15) is 10.5 Å². The van der Waals surface area contributed by atoms with Crippen molar-refractivity contribution in [2.24, 2.45) is 0 Å². The number of rotatable bonds is 3. The molecule has 0 unspecified atom stereocenters. The van der Waals surface area contributed by atoms with Gasteiger partial charge in [0, 0.05) is 0 Å². The Balaban J connectivity index is 1.53. The van der Waals surface area contributed by atoms with Gasteiger partial charge in [0.05, 0.1) is 39.4 Å². The van der Waals surface area contributed by atoms with Gasteiger partial charge in [0.2, 0.25) is 5.89 Å². The summed E-state index contributed by atoms with van der Waals surface area (Å²) in [6.07, 6.45) is 1.43. The van der Waals surface area contributed by atoms with E-state index in [2.05, 4.69) is 20.3 Å². The molecule has 0 radical (unpaired) electrons. The summed E-state index contributed by atoms with van der Waals surface area (Å²) in [6.45, 7) is 0. The summed E-state index contributed by atoms with van der Waals surface area (Å²) < 4.78 is 5.42. The number of aromatic nitrogens is 3. The summed E-state index contributed by atoms with van der Waals surface area (Å²) in [5, 5.41) is 3.21. The molecule has 7 nitrogen and oxygen atoms in total. The monoisotopic (exact) mass is 394 g/mol. The molecule has 0 bridgehead atoms. The minimum atomic E-state index is -0.489. The number of carbonyl (C=O) groups excluding carboxylic acids is 1. The van der Waals surface area contributed by atoms with Crippen LogP contribution in [0.15, 0.2) is 88.2 Å². The molecule has 30 heavy (non-hydrogen) atoms. The molecule has 2 aromatic heterocycles. The van der Waals surface area contributed by atoms with E-state index in [0.29, 0.717) is 33.2 Å². The third kappa shape index (κ3) is 3.18. The van der Waals surface area contributed by atoms with Crippen LogP contribution >= 0.6 is 0 Å². The molecule has 0 aliphatic rings. The smallest absolute Gasteiger partial charge is 0.347 e. The first-order chi connectivity index (χ1) is 14.7. The maximum Gasteiger partial charge on any atom is 0.347 e. The summed E-state index contributed by atoms with van der Waals surface area (Å²) >= 11 is 0. The van der Waals surface area contributed by atoms with Crippen LogP contribution in [0.25, 0.3) is 33.4 Å². The van der Waals surface area contributed by atoms with E-state index in [1.165, 1.54) is 6.20 Å². The van der Waals surface area contributed by atoms with Crippen molar-refractivity contribution < 1.29 is 9.21 Å². The normalized spacial score (nSPS) is 10.9. The fraction of sp³-hybridized carbons (Fsp3) is 0. The molecule has 144 valence electrons. The van der Waals surface area contributed by atoms with Crippen molar-refractivity contribution in [1.29, 1.82) is 0 Å². The first-order valence-corrected chi connectivity index (χ1v) is 9.21. The molecule has 5 aromatic rings. The lowest BCUT2D eigenvalue weighted by atomic mass is 10.1. The number of nitrogens with zero attached hydrogens (tertiary/aromatic N) is 3. The van der Waals surface area contributed by atoms with Gasteiger partial charge in [-0.3, -0.25) is 9.78 Å². The molecule has 2 heterocycles.